The van der Waals surface area contributed by atoms with Crippen molar-refractivity contribution in [3.8, 4) is 0 Å². The second-order valence-electron chi connectivity index (χ2n) is 21.1. The molecule has 0 saturated heterocycles. The first kappa shape index (κ1) is 66.4. The summed E-state index contributed by atoms with van der Waals surface area (Å²) in [6.45, 7) is 4.17. The summed E-state index contributed by atoms with van der Waals surface area (Å²) >= 11 is 0. The third-order valence-electron chi connectivity index (χ3n) is 14.2. The van der Waals surface area contributed by atoms with Crippen LogP contribution in [0.1, 0.15) is 348 Å². The third-order valence-corrected chi connectivity index (χ3v) is 14.2. The number of unbranched alkanes of at least 4 members (excludes halogenated alkanes) is 46. The summed E-state index contributed by atoms with van der Waals surface area (Å²) in [5.41, 5.74) is 0. The molecule has 0 spiro atoms. The Morgan fingerprint density at radius 3 is 0.882 bits per heavy atom. The molecular weight excluding hydrogens is 837 g/mol. The molecule has 0 aromatic heterocycles. The van der Waals surface area contributed by atoms with Crippen molar-refractivity contribution < 1.29 is 24.2 Å². The second kappa shape index (κ2) is 59.7. The van der Waals surface area contributed by atoms with E-state index < -0.39 is 6.10 Å². The van der Waals surface area contributed by atoms with Crippen molar-refractivity contribution in [2.45, 2.75) is 354 Å². The molecule has 0 aromatic rings. The molecule has 1 N–H and O–H groups in total. The molecule has 0 heterocycles. The Labute approximate surface area is 425 Å². The van der Waals surface area contributed by atoms with Crippen molar-refractivity contribution in [1.82, 2.24) is 0 Å². The fraction of sp³-hybridized carbons (Fsp3) is 0.905. The summed E-state index contributed by atoms with van der Waals surface area (Å²) in [4.78, 5) is 24.5. The Bertz CT molecular complexity index is 1040. The summed E-state index contributed by atoms with van der Waals surface area (Å²) in [5.74, 6) is -0.581. The van der Waals surface area contributed by atoms with Crippen LogP contribution >= 0.6 is 0 Å². The highest BCUT2D eigenvalue weighted by molar-refractivity contribution is 5.70. The third kappa shape index (κ3) is 57.0. The number of rotatable bonds is 58. The van der Waals surface area contributed by atoms with E-state index in [1.165, 1.54) is 276 Å². The first-order chi connectivity index (χ1) is 33.6. The zero-order valence-electron chi connectivity index (χ0n) is 46.2. The molecule has 0 saturated carbocycles. The number of ether oxygens (including phenoxy) is 2. The van der Waals surface area contributed by atoms with Gasteiger partial charge in [0.2, 0.25) is 0 Å². The first-order valence-corrected chi connectivity index (χ1v) is 30.9. The molecule has 0 bridgehead atoms. The number of allylic oxidation sites excluding steroid dienone is 4. The van der Waals surface area contributed by atoms with Crippen LogP contribution in [0.15, 0.2) is 24.3 Å². The molecule has 0 aliphatic heterocycles. The Hall–Kier alpha value is -1.62. The van der Waals surface area contributed by atoms with Crippen LogP contribution in [-0.2, 0) is 19.1 Å². The van der Waals surface area contributed by atoms with Crippen LogP contribution in [0.25, 0.3) is 0 Å². The Morgan fingerprint density at radius 2 is 0.588 bits per heavy atom. The van der Waals surface area contributed by atoms with Gasteiger partial charge in [-0.25, -0.2) is 0 Å². The van der Waals surface area contributed by atoms with Crippen molar-refractivity contribution >= 4 is 11.9 Å². The van der Waals surface area contributed by atoms with E-state index in [9.17, 15) is 14.7 Å². The van der Waals surface area contributed by atoms with Crippen LogP contribution < -0.4 is 0 Å². The minimum absolute atomic E-state index is 0.0637. The monoisotopic (exact) mass is 957 g/mol. The maximum absolute atomic E-state index is 12.3. The maximum Gasteiger partial charge on any atom is 0.306 e. The van der Waals surface area contributed by atoms with Crippen LogP contribution in [0.2, 0.25) is 0 Å². The zero-order valence-corrected chi connectivity index (χ0v) is 46.2. The van der Waals surface area contributed by atoms with E-state index in [1.807, 2.05) is 0 Å². The number of aliphatic hydroxyl groups excluding tert-OH is 1. The molecule has 0 aliphatic carbocycles. The zero-order chi connectivity index (χ0) is 49.2. The van der Waals surface area contributed by atoms with Crippen molar-refractivity contribution in [2.75, 3.05) is 13.2 Å². The fourth-order valence-corrected chi connectivity index (χ4v) is 9.59. The number of hydrogen-bond donors (Lipinski definition) is 1. The summed E-state index contributed by atoms with van der Waals surface area (Å²) in [6.07, 6.45) is 76.2. The molecule has 1 atom stereocenters. The van der Waals surface area contributed by atoms with Crippen LogP contribution in [0.3, 0.4) is 0 Å². The van der Waals surface area contributed by atoms with Gasteiger partial charge in [-0.15, -0.1) is 0 Å². The summed E-state index contributed by atoms with van der Waals surface area (Å²) in [5, 5.41) is 9.65. The van der Waals surface area contributed by atoms with E-state index in [4.69, 9.17) is 9.47 Å². The maximum atomic E-state index is 12.3. The van der Waals surface area contributed by atoms with Gasteiger partial charge in [-0.2, -0.15) is 0 Å². The van der Waals surface area contributed by atoms with Gasteiger partial charge in [0.25, 0.3) is 0 Å². The van der Waals surface area contributed by atoms with Gasteiger partial charge in [-0.1, -0.05) is 314 Å². The molecule has 5 heteroatoms. The largest absolute Gasteiger partial charge is 0.462 e. The predicted octanol–water partition coefficient (Wildman–Crippen LogP) is 20.9. The molecule has 1 unspecified atom stereocenters. The standard InChI is InChI=1S/C63H120O5/c1-3-5-7-9-11-13-15-17-19-21-23-24-25-26-27-28-29-30-31-32-33-34-35-36-37-38-39-40-42-43-45-47-49-51-53-55-57-62(65)67-60-61(59-64)68-63(66)58-56-54-52-50-48-46-44-41-22-20-18-16-14-12-10-8-6-4-2/h14,16,20,22,61,64H,3-13,15,17-19,21,23-60H2,1-2H3/b16-14-,22-20-. The summed E-state index contributed by atoms with van der Waals surface area (Å²) in [7, 11) is 0. The van der Waals surface area contributed by atoms with Crippen LogP contribution in [0.5, 0.6) is 0 Å². The minimum atomic E-state index is -0.773. The van der Waals surface area contributed by atoms with E-state index in [2.05, 4.69) is 38.2 Å². The Kier molecular flexibility index (Phi) is 58.3. The second-order valence-corrected chi connectivity index (χ2v) is 21.1. The van der Waals surface area contributed by atoms with Gasteiger partial charge in [0.05, 0.1) is 6.61 Å². The van der Waals surface area contributed by atoms with Gasteiger partial charge >= 0.3 is 11.9 Å². The van der Waals surface area contributed by atoms with E-state index in [0.29, 0.717) is 12.8 Å². The van der Waals surface area contributed by atoms with Crippen molar-refractivity contribution in [1.29, 1.82) is 0 Å². The highest BCUT2D eigenvalue weighted by atomic mass is 16.6. The van der Waals surface area contributed by atoms with Crippen LogP contribution in [0, 0.1) is 0 Å². The Morgan fingerprint density at radius 1 is 0.338 bits per heavy atom. The molecule has 0 amide bonds. The molecular formula is C63H120O5. The molecule has 0 aliphatic rings. The highest BCUT2D eigenvalue weighted by Crippen LogP contribution is 2.18. The predicted molar refractivity (Wildman–Crippen MR) is 298 cm³/mol. The number of aliphatic hydroxyl groups is 1. The molecule has 5 nitrogen and oxygen atoms in total. The topological polar surface area (TPSA) is 72.8 Å². The van der Waals surface area contributed by atoms with Crippen molar-refractivity contribution in [3.63, 3.8) is 0 Å². The van der Waals surface area contributed by atoms with Gasteiger partial charge in [-0.3, -0.25) is 9.59 Å². The Balaban J connectivity index is 3.37. The minimum Gasteiger partial charge on any atom is -0.462 e. The van der Waals surface area contributed by atoms with E-state index in [-0.39, 0.29) is 25.2 Å². The number of esters is 2. The van der Waals surface area contributed by atoms with Gasteiger partial charge in [0.15, 0.2) is 6.10 Å². The van der Waals surface area contributed by atoms with Gasteiger partial charge in [0, 0.05) is 12.8 Å². The lowest BCUT2D eigenvalue weighted by Crippen LogP contribution is -2.28. The van der Waals surface area contributed by atoms with Gasteiger partial charge in [0.1, 0.15) is 6.61 Å². The van der Waals surface area contributed by atoms with E-state index in [1.54, 1.807) is 0 Å². The molecule has 68 heavy (non-hydrogen) atoms. The van der Waals surface area contributed by atoms with Crippen LogP contribution in [0.4, 0.5) is 0 Å². The summed E-state index contributed by atoms with van der Waals surface area (Å²) in [6, 6.07) is 0. The number of hydrogen-bond acceptors (Lipinski definition) is 5. The molecule has 0 radical (unpaired) electrons. The van der Waals surface area contributed by atoms with Gasteiger partial charge < -0.3 is 14.6 Å². The fourth-order valence-electron chi connectivity index (χ4n) is 9.59. The molecule has 0 rings (SSSR count). The quantitative estimate of drug-likeness (QED) is 0.0374. The summed E-state index contributed by atoms with van der Waals surface area (Å²) < 4.78 is 10.7. The van der Waals surface area contributed by atoms with Crippen molar-refractivity contribution in [3.05, 3.63) is 24.3 Å². The first-order valence-electron chi connectivity index (χ1n) is 30.9. The van der Waals surface area contributed by atoms with Crippen molar-refractivity contribution in [2.24, 2.45) is 0 Å². The van der Waals surface area contributed by atoms with E-state index >= 15 is 0 Å². The van der Waals surface area contributed by atoms with Gasteiger partial charge in [-0.05, 0) is 44.9 Å². The SMILES string of the molecule is CCCCCC/C=C\C/C=C\CCCCCCCCCC(=O)OC(CO)COC(=O)CCCCCCCCCCCCCCCCCCCCCCCCCCCCCCCCCCCCCC. The normalized spacial score (nSPS) is 12.2. The average molecular weight is 958 g/mol. The highest BCUT2D eigenvalue weighted by Gasteiger charge is 2.16. The number of carbonyl (C=O) groups excluding carboxylic acids is 2. The van der Waals surface area contributed by atoms with Crippen LogP contribution in [-0.4, -0.2) is 36.4 Å². The lowest BCUT2D eigenvalue weighted by atomic mass is 10.0. The molecule has 402 valence electrons. The van der Waals surface area contributed by atoms with E-state index in [0.717, 1.165) is 44.9 Å². The smallest absolute Gasteiger partial charge is 0.306 e. The lowest BCUT2D eigenvalue weighted by Gasteiger charge is -2.15. The average Bonchev–Trinajstić information content (AvgIpc) is 3.34. The molecule has 0 aromatic carbocycles. The lowest BCUT2D eigenvalue weighted by molar-refractivity contribution is -0.161. The number of carbonyl (C=O) groups is 2. The molecule has 0 fully saturated rings.